The highest BCUT2D eigenvalue weighted by atomic mass is 35.5. The number of aromatic nitrogens is 1. The summed E-state index contributed by atoms with van der Waals surface area (Å²) in [5.74, 6) is -4.29. The number of hydrogen-bond donors (Lipinski definition) is 5. The summed E-state index contributed by atoms with van der Waals surface area (Å²) in [6, 6.07) is 27.2. The van der Waals surface area contributed by atoms with Crippen molar-refractivity contribution in [2.24, 2.45) is 5.92 Å². The fourth-order valence-electron chi connectivity index (χ4n) is 12.8. The third kappa shape index (κ3) is 17.9. The number of amides is 6. The summed E-state index contributed by atoms with van der Waals surface area (Å²) >= 11 is 6.83. The van der Waals surface area contributed by atoms with Crippen LogP contribution in [0.5, 0.6) is 5.75 Å². The molecule has 6 amide bonds. The molecule has 26 heteroatoms. The summed E-state index contributed by atoms with van der Waals surface area (Å²) in [5, 5.41) is 33.3. The number of fused-ring (bicyclic) bond motifs is 9. The number of epoxide rings is 1. The lowest BCUT2D eigenvalue weighted by molar-refractivity contribution is -0.162. The van der Waals surface area contributed by atoms with Gasteiger partial charge in [0.1, 0.15) is 53.0 Å². The number of alkyl carbamates (subject to hydrolysis) is 1. The summed E-state index contributed by atoms with van der Waals surface area (Å²) in [5.41, 5.74) is 5.27. The van der Waals surface area contributed by atoms with Crippen molar-refractivity contribution in [2.45, 2.75) is 140 Å². The molecule has 8 atom stereocenters. The first-order valence-corrected chi connectivity index (χ1v) is 33.3. The number of benzene rings is 4. The van der Waals surface area contributed by atoms with Crippen molar-refractivity contribution in [1.82, 2.24) is 35.4 Å². The van der Waals surface area contributed by atoms with Crippen LogP contribution in [0.3, 0.4) is 0 Å². The van der Waals surface area contributed by atoms with Gasteiger partial charge in [0.2, 0.25) is 23.6 Å². The van der Waals surface area contributed by atoms with Crippen LogP contribution in [0.4, 0.5) is 15.3 Å². The van der Waals surface area contributed by atoms with E-state index in [1.807, 2.05) is 72.2 Å². The fraction of sp³-hybridized carbons (Fsp3) is 0.472. The van der Waals surface area contributed by atoms with Crippen molar-refractivity contribution < 1.29 is 81.7 Å². The molecule has 4 aromatic carbocycles. The number of likely N-dealkylation sites (N-methyl/N-ethyl adjacent to an activating group) is 1. The molecule has 1 aromatic heterocycles. The lowest BCUT2D eigenvalue weighted by Crippen LogP contribution is -2.57. The van der Waals surface area contributed by atoms with Gasteiger partial charge in [0.15, 0.2) is 0 Å². The third-order valence-electron chi connectivity index (χ3n) is 18.8. The van der Waals surface area contributed by atoms with Gasteiger partial charge < -0.3 is 68.4 Å². The number of nitrogens with zero attached hydrogens (tertiary/aromatic N) is 5. The average molecular weight is 1370 g/mol. The molecular formula is C72H89ClN8O17. The number of aliphatic carboxylic acids is 1. The molecule has 0 radical (unpaired) electrons. The smallest absolute Gasteiger partial charge is 0.424 e. The highest BCUT2D eigenvalue weighted by molar-refractivity contribution is 6.35. The third-order valence-corrected chi connectivity index (χ3v) is 19.2. The number of hydrogen-bond acceptors (Lipinski definition) is 17. The number of carboxylic acids is 1. The van der Waals surface area contributed by atoms with Crippen LogP contribution < -0.4 is 25.6 Å². The van der Waals surface area contributed by atoms with Crippen LogP contribution in [0, 0.1) is 5.92 Å². The number of ether oxygens (including phenoxy) is 7. The molecule has 0 spiro atoms. The second-order valence-corrected chi connectivity index (χ2v) is 26.0. The lowest BCUT2D eigenvalue weighted by Gasteiger charge is -2.39. The second-order valence-electron chi connectivity index (χ2n) is 25.7. The first-order valence-electron chi connectivity index (χ1n) is 32.9. The maximum Gasteiger partial charge on any atom is 0.424 e. The van der Waals surface area contributed by atoms with E-state index in [1.54, 1.807) is 64.3 Å². The Morgan fingerprint density at radius 3 is 2.29 bits per heavy atom. The van der Waals surface area contributed by atoms with E-state index in [2.05, 4.69) is 40.2 Å². The number of allylic oxidation sites excluding steroid dienone is 3. The van der Waals surface area contributed by atoms with E-state index in [-0.39, 0.29) is 109 Å². The van der Waals surface area contributed by atoms with Gasteiger partial charge in [0.25, 0.3) is 0 Å². The zero-order chi connectivity index (χ0) is 70.6. The number of halogens is 1. The van der Waals surface area contributed by atoms with E-state index in [0.29, 0.717) is 17.9 Å². The number of aryl methyl sites for hydroxylation is 1. The lowest BCUT2D eigenvalue weighted by atomic mass is 9.84. The zero-order valence-electron chi connectivity index (χ0n) is 56.9. The largest absolute Gasteiger partial charge is 0.495 e. The van der Waals surface area contributed by atoms with E-state index >= 15 is 0 Å². The van der Waals surface area contributed by atoms with Gasteiger partial charge in [-0.2, -0.15) is 0 Å². The molecule has 9 rings (SSSR count). The molecule has 25 nitrogen and oxygen atoms in total. The summed E-state index contributed by atoms with van der Waals surface area (Å²) in [6.07, 6.45) is 0.764. The number of rotatable bonds is 26. The van der Waals surface area contributed by atoms with Crippen LogP contribution in [0.1, 0.15) is 101 Å². The minimum absolute atomic E-state index is 0.0129. The predicted molar refractivity (Wildman–Crippen MR) is 364 cm³/mol. The first kappa shape index (κ1) is 73.4. The van der Waals surface area contributed by atoms with Crippen molar-refractivity contribution in [3.63, 3.8) is 0 Å². The van der Waals surface area contributed by atoms with Crippen LogP contribution in [0.25, 0.3) is 22.0 Å². The standard InChI is InChI=1S/C72H89ClN8O17/c1-44-18-16-17-29-72(91)41-59(96-69(89)76-72)45(2)66-71(4,98-66)60(40-63(84)79(7)57-37-47(36-44)38-58(92-9)65(57)73)97-68(88)46(3)78(6)62(83)28-32-93-34-35-94-33-30-74-67(87)55(25-26-64(85)86)75-61(82)27-31-81-49(39-48-19-10-15-24-56(48)81)42-77(5)80(8)70(90)95-43-54-52-22-13-11-20-50(52)51-21-12-14-23-53(51)54/h10-24,37-39,45-46,54-55,59-60,66,91H,25-36,40-43H2,1-9H3,(H,74,87)(H,75,82)(H,76,89)(H,85,86)/b17-16+,44-18+/t45-,46+,55+,59+,60+,66?,71+,72-/m1/s1. The van der Waals surface area contributed by atoms with Gasteiger partial charge in [0, 0.05) is 90.0 Å². The monoisotopic (exact) mass is 1370 g/mol. The molecule has 1 aliphatic carbocycles. The van der Waals surface area contributed by atoms with Gasteiger partial charge in [0.05, 0.1) is 64.7 Å². The normalized spacial score (nSPS) is 22.2. The number of aliphatic hydroxyl groups is 1. The summed E-state index contributed by atoms with van der Waals surface area (Å²) in [6.45, 7) is 7.70. The average Bonchev–Trinajstić information content (AvgIpc) is 1.65. The summed E-state index contributed by atoms with van der Waals surface area (Å²) in [4.78, 5) is 110. The maximum absolute atomic E-state index is 14.4. The Hall–Kier alpha value is -8.85. The molecule has 1 unspecified atom stereocenters. The van der Waals surface area contributed by atoms with Crippen molar-refractivity contribution in [1.29, 1.82) is 0 Å². The molecular weight excluding hydrogens is 1280 g/mol. The van der Waals surface area contributed by atoms with E-state index in [4.69, 9.17) is 44.8 Å². The van der Waals surface area contributed by atoms with E-state index in [9.17, 15) is 48.6 Å². The van der Waals surface area contributed by atoms with Crippen LogP contribution in [-0.2, 0) is 76.7 Å². The molecule has 98 heavy (non-hydrogen) atoms. The highest BCUT2D eigenvalue weighted by Crippen LogP contribution is 2.50. The Labute approximate surface area is 575 Å². The number of esters is 1. The molecule has 4 aliphatic rings. The van der Waals surface area contributed by atoms with Gasteiger partial charge in [-0.3, -0.25) is 29.3 Å². The van der Waals surface area contributed by atoms with Gasteiger partial charge in [-0.25, -0.2) is 24.4 Å². The number of anilines is 1. The first-order chi connectivity index (χ1) is 46.8. The number of carbonyl (C=O) groups excluding carboxylic acids is 7. The maximum atomic E-state index is 14.4. The van der Waals surface area contributed by atoms with Gasteiger partial charge >= 0.3 is 24.1 Å². The van der Waals surface area contributed by atoms with Gasteiger partial charge in [-0.05, 0) is 91.1 Å². The van der Waals surface area contributed by atoms with E-state index in [1.165, 1.54) is 35.9 Å². The van der Waals surface area contributed by atoms with Crippen molar-refractivity contribution in [2.75, 3.05) is 79.8 Å². The SMILES string of the molecule is COc1cc2cc(c1Cl)N(C)C(=O)C[C@H](OC(=O)[C@H](C)N(C)C(=O)CCOCCOCCNC(=O)[C@H](CCC(=O)O)NC(=O)CCn1c(CN(C)N(C)C(=O)OCC3c4ccccc4-c4ccccc43)cc3ccccc31)[C@]1(C)OC1[C@H](C)[C@@H]1C[C@](O)(C/C=C/C=C(\C)C2)NC(=O)O1. The van der Waals surface area contributed by atoms with Crippen molar-refractivity contribution in [3.05, 3.63) is 142 Å². The van der Waals surface area contributed by atoms with E-state index in [0.717, 1.165) is 50.0 Å². The van der Waals surface area contributed by atoms with Crippen LogP contribution in [0.15, 0.2) is 115 Å². The molecule has 4 bridgehead atoms. The summed E-state index contributed by atoms with van der Waals surface area (Å²) < 4.78 is 43.0. The molecule has 5 N–H and O–H groups in total. The van der Waals surface area contributed by atoms with E-state index < -0.39 is 95.4 Å². The molecule has 4 heterocycles. The van der Waals surface area contributed by atoms with Gasteiger partial charge in [-0.15, -0.1) is 0 Å². The number of para-hydroxylation sites is 1. The van der Waals surface area contributed by atoms with Crippen molar-refractivity contribution in [3.8, 4) is 16.9 Å². The van der Waals surface area contributed by atoms with Crippen LogP contribution in [0.2, 0.25) is 5.02 Å². The number of carboxylic acid groups (broad SMARTS) is 1. The molecule has 0 saturated carbocycles. The molecule has 2 fully saturated rings. The zero-order valence-corrected chi connectivity index (χ0v) is 57.6. The van der Waals surface area contributed by atoms with Crippen LogP contribution in [-0.4, -0.2) is 194 Å². The Bertz CT molecular complexity index is 3780. The predicted octanol–water partition coefficient (Wildman–Crippen LogP) is 8.05. The number of hydrazine groups is 1. The Morgan fingerprint density at radius 1 is 0.898 bits per heavy atom. The van der Waals surface area contributed by atoms with Gasteiger partial charge in [-0.1, -0.05) is 109 Å². The van der Waals surface area contributed by atoms with Crippen LogP contribution >= 0.6 is 11.6 Å². The quantitative estimate of drug-likeness (QED) is 0.0115. The minimum Gasteiger partial charge on any atom is -0.495 e. The molecule has 2 saturated heterocycles. The molecule has 526 valence electrons. The topological polar surface area (TPSA) is 299 Å². The Balaban J connectivity index is 0.719. The Kier molecular flexibility index (Phi) is 24.5. The summed E-state index contributed by atoms with van der Waals surface area (Å²) in [7, 11) is 7.87. The van der Waals surface area contributed by atoms with Crippen molar-refractivity contribution >= 4 is 75.9 Å². The minimum atomic E-state index is -1.64. The molecule has 3 aliphatic heterocycles. The highest BCUT2D eigenvalue weighted by Gasteiger charge is 2.64. The fourth-order valence-corrected chi connectivity index (χ4v) is 13.1. The second kappa shape index (κ2) is 32.7. The number of carbonyl (C=O) groups is 8. The Morgan fingerprint density at radius 2 is 1.58 bits per heavy atom. The number of nitrogens with one attached hydrogen (secondary N) is 3. The number of methoxy groups -OCH3 is 1. The molecule has 5 aromatic rings.